The van der Waals surface area contributed by atoms with Crippen molar-refractivity contribution >= 4 is 5.91 Å². The number of amides is 1. The molecule has 116 valence electrons. The fraction of sp³-hybridized carbons (Fsp3) is 0.588. The van der Waals surface area contributed by atoms with E-state index in [-0.39, 0.29) is 11.9 Å². The number of rotatable bonds is 5. The van der Waals surface area contributed by atoms with E-state index in [1.54, 1.807) is 6.92 Å². The molecule has 0 spiro atoms. The van der Waals surface area contributed by atoms with Crippen LogP contribution in [0.3, 0.4) is 0 Å². The molecule has 0 aliphatic heterocycles. The topological polar surface area (TPSA) is 58.4 Å². The lowest BCUT2D eigenvalue weighted by atomic mass is 9.89. The molecule has 3 N–H and O–H groups in total. The summed E-state index contributed by atoms with van der Waals surface area (Å²) in [5.74, 6) is -0.0417. The summed E-state index contributed by atoms with van der Waals surface area (Å²) in [4.78, 5) is 14.2. The quantitative estimate of drug-likeness (QED) is 0.870. The van der Waals surface area contributed by atoms with Gasteiger partial charge in [0.15, 0.2) is 0 Å². The molecule has 2 rings (SSSR count). The molecule has 1 fully saturated rings. The first-order valence-corrected chi connectivity index (χ1v) is 7.88. The van der Waals surface area contributed by atoms with Gasteiger partial charge < -0.3 is 11.1 Å². The van der Waals surface area contributed by atoms with Gasteiger partial charge >= 0.3 is 0 Å². The zero-order chi connectivity index (χ0) is 15.2. The van der Waals surface area contributed by atoms with Crippen LogP contribution >= 0.6 is 0 Å². The summed E-state index contributed by atoms with van der Waals surface area (Å²) in [5, 5.41) is 3.13. The first kappa shape index (κ1) is 16.0. The van der Waals surface area contributed by atoms with Gasteiger partial charge in [-0.2, -0.15) is 0 Å². The van der Waals surface area contributed by atoms with Crippen LogP contribution in [-0.4, -0.2) is 36.0 Å². The summed E-state index contributed by atoms with van der Waals surface area (Å²) in [6.45, 7) is 2.65. The van der Waals surface area contributed by atoms with Crippen LogP contribution in [-0.2, 0) is 11.3 Å². The molecule has 1 amide bonds. The Bertz CT molecular complexity index is 447. The number of nitrogens with zero attached hydrogens (tertiary/aromatic N) is 1. The van der Waals surface area contributed by atoms with E-state index in [0.29, 0.717) is 6.04 Å². The number of benzene rings is 1. The SMILES string of the molecule is C[C@H](N)C(=O)N[C@H]1CCCC[C@H]1N(C)Cc1ccccc1. The van der Waals surface area contributed by atoms with E-state index in [0.717, 1.165) is 19.4 Å². The van der Waals surface area contributed by atoms with Crippen molar-refractivity contribution in [2.75, 3.05) is 7.05 Å². The highest BCUT2D eigenvalue weighted by Crippen LogP contribution is 2.23. The maximum Gasteiger partial charge on any atom is 0.236 e. The van der Waals surface area contributed by atoms with Crippen LogP contribution in [0.1, 0.15) is 38.2 Å². The third-order valence-electron chi connectivity index (χ3n) is 4.31. The minimum Gasteiger partial charge on any atom is -0.350 e. The number of nitrogens with one attached hydrogen (secondary N) is 1. The van der Waals surface area contributed by atoms with E-state index >= 15 is 0 Å². The Morgan fingerprint density at radius 3 is 2.67 bits per heavy atom. The molecule has 4 heteroatoms. The molecule has 0 radical (unpaired) electrons. The molecule has 21 heavy (non-hydrogen) atoms. The van der Waals surface area contributed by atoms with Gasteiger partial charge in [0, 0.05) is 18.6 Å². The van der Waals surface area contributed by atoms with Crippen LogP contribution in [0.4, 0.5) is 0 Å². The van der Waals surface area contributed by atoms with Crippen molar-refractivity contribution in [1.82, 2.24) is 10.2 Å². The fourth-order valence-electron chi connectivity index (χ4n) is 3.11. The lowest BCUT2D eigenvalue weighted by molar-refractivity contribution is -0.123. The monoisotopic (exact) mass is 289 g/mol. The summed E-state index contributed by atoms with van der Waals surface area (Å²) in [6.07, 6.45) is 4.59. The summed E-state index contributed by atoms with van der Waals surface area (Å²) in [5.41, 5.74) is 6.98. The highest BCUT2D eigenvalue weighted by Gasteiger charge is 2.29. The van der Waals surface area contributed by atoms with Gasteiger partial charge in [-0.3, -0.25) is 9.69 Å². The van der Waals surface area contributed by atoms with Crippen LogP contribution in [0.2, 0.25) is 0 Å². The molecule has 1 aliphatic carbocycles. The van der Waals surface area contributed by atoms with E-state index in [2.05, 4.69) is 41.5 Å². The lowest BCUT2D eigenvalue weighted by Gasteiger charge is -2.38. The van der Waals surface area contributed by atoms with E-state index in [4.69, 9.17) is 5.73 Å². The van der Waals surface area contributed by atoms with Gasteiger partial charge in [-0.15, -0.1) is 0 Å². The zero-order valence-electron chi connectivity index (χ0n) is 13.1. The first-order chi connectivity index (χ1) is 10.1. The third kappa shape index (κ3) is 4.55. The van der Waals surface area contributed by atoms with Crippen LogP contribution < -0.4 is 11.1 Å². The Morgan fingerprint density at radius 2 is 2.00 bits per heavy atom. The van der Waals surface area contributed by atoms with Crippen molar-refractivity contribution in [2.45, 2.75) is 57.3 Å². The minimum absolute atomic E-state index is 0.0417. The van der Waals surface area contributed by atoms with Crippen molar-refractivity contribution in [3.8, 4) is 0 Å². The Kier molecular flexibility index (Phi) is 5.76. The van der Waals surface area contributed by atoms with Crippen molar-refractivity contribution < 1.29 is 4.79 Å². The smallest absolute Gasteiger partial charge is 0.236 e. The van der Waals surface area contributed by atoms with Crippen molar-refractivity contribution in [2.24, 2.45) is 5.73 Å². The fourth-order valence-corrected chi connectivity index (χ4v) is 3.11. The van der Waals surface area contributed by atoms with E-state index in [1.165, 1.54) is 18.4 Å². The largest absolute Gasteiger partial charge is 0.350 e. The summed E-state index contributed by atoms with van der Waals surface area (Å²) < 4.78 is 0. The standard InChI is InChI=1S/C17H27N3O/c1-13(18)17(21)19-15-10-6-7-11-16(15)20(2)12-14-8-4-3-5-9-14/h3-5,8-9,13,15-16H,6-7,10-12,18H2,1-2H3,(H,19,21)/t13-,15-,16+/m0/s1. The Labute approximate surface area is 127 Å². The number of likely N-dealkylation sites (N-methyl/N-ethyl adjacent to an activating group) is 1. The van der Waals surface area contributed by atoms with Crippen molar-refractivity contribution in [1.29, 1.82) is 0 Å². The Morgan fingerprint density at radius 1 is 1.33 bits per heavy atom. The number of hydrogen-bond donors (Lipinski definition) is 2. The molecule has 1 aromatic rings. The van der Waals surface area contributed by atoms with Gasteiger partial charge in [0.1, 0.15) is 0 Å². The van der Waals surface area contributed by atoms with Crippen LogP contribution in [0, 0.1) is 0 Å². The van der Waals surface area contributed by atoms with Crippen LogP contribution in [0.15, 0.2) is 30.3 Å². The average molecular weight is 289 g/mol. The molecule has 1 saturated carbocycles. The summed E-state index contributed by atoms with van der Waals surface area (Å²) >= 11 is 0. The molecular weight excluding hydrogens is 262 g/mol. The van der Waals surface area contributed by atoms with Crippen LogP contribution in [0.5, 0.6) is 0 Å². The highest BCUT2D eigenvalue weighted by molar-refractivity contribution is 5.81. The Balaban J connectivity index is 1.98. The average Bonchev–Trinajstić information content (AvgIpc) is 2.48. The van der Waals surface area contributed by atoms with Crippen LogP contribution in [0.25, 0.3) is 0 Å². The maximum absolute atomic E-state index is 11.9. The lowest BCUT2D eigenvalue weighted by Crippen LogP contribution is -2.54. The second-order valence-electron chi connectivity index (χ2n) is 6.16. The van der Waals surface area contributed by atoms with E-state index < -0.39 is 6.04 Å². The molecule has 3 atom stereocenters. The zero-order valence-corrected chi connectivity index (χ0v) is 13.1. The molecule has 0 heterocycles. The summed E-state index contributed by atoms with van der Waals surface area (Å²) in [6, 6.07) is 10.6. The van der Waals surface area contributed by atoms with Gasteiger partial charge in [0.05, 0.1) is 6.04 Å². The summed E-state index contributed by atoms with van der Waals surface area (Å²) in [7, 11) is 2.15. The third-order valence-corrected chi connectivity index (χ3v) is 4.31. The normalized spacial score (nSPS) is 23.8. The van der Waals surface area contributed by atoms with Gasteiger partial charge in [0.2, 0.25) is 5.91 Å². The molecule has 0 unspecified atom stereocenters. The number of carbonyl (C=O) groups is 1. The molecule has 1 aliphatic rings. The van der Waals surface area contributed by atoms with Crippen molar-refractivity contribution in [3.63, 3.8) is 0 Å². The number of carbonyl (C=O) groups excluding carboxylic acids is 1. The predicted molar refractivity (Wildman–Crippen MR) is 85.7 cm³/mol. The molecule has 0 aromatic heterocycles. The minimum atomic E-state index is -0.438. The first-order valence-electron chi connectivity index (χ1n) is 7.88. The number of nitrogens with two attached hydrogens (primary N) is 1. The predicted octanol–water partition coefficient (Wildman–Crippen LogP) is 1.89. The van der Waals surface area contributed by atoms with E-state index in [9.17, 15) is 4.79 Å². The van der Waals surface area contributed by atoms with Gasteiger partial charge in [-0.05, 0) is 32.4 Å². The number of hydrogen-bond acceptors (Lipinski definition) is 3. The van der Waals surface area contributed by atoms with E-state index in [1.807, 2.05) is 6.07 Å². The molecule has 0 saturated heterocycles. The molecular formula is C17H27N3O. The molecule has 1 aromatic carbocycles. The second kappa shape index (κ2) is 7.57. The van der Waals surface area contributed by atoms with Gasteiger partial charge in [0.25, 0.3) is 0 Å². The Hall–Kier alpha value is -1.39. The second-order valence-corrected chi connectivity index (χ2v) is 6.16. The van der Waals surface area contributed by atoms with Crippen molar-refractivity contribution in [3.05, 3.63) is 35.9 Å². The highest BCUT2D eigenvalue weighted by atomic mass is 16.2. The molecule has 0 bridgehead atoms. The molecule has 4 nitrogen and oxygen atoms in total. The van der Waals surface area contributed by atoms with Gasteiger partial charge in [-0.1, -0.05) is 43.2 Å². The maximum atomic E-state index is 11.9. The van der Waals surface area contributed by atoms with Gasteiger partial charge in [-0.25, -0.2) is 0 Å².